The highest BCUT2D eigenvalue weighted by molar-refractivity contribution is 4.77. The van der Waals surface area contributed by atoms with Crippen LogP contribution in [0.2, 0.25) is 0 Å². The van der Waals surface area contributed by atoms with Crippen molar-refractivity contribution in [3.63, 3.8) is 0 Å². The minimum atomic E-state index is 0.264. The molecule has 0 aliphatic heterocycles. The first kappa shape index (κ1) is 18.9. The predicted molar refractivity (Wildman–Crippen MR) is 87.5 cm³/mol. The van der Waals surface area contributed by atoms with Crippen LogP contribution in [0.1, 0.15) is 60.3 Å². The van der Waals surface area contributed by atoms with Crippen LogP contribution >= 0.6 is 0 Å². The summed E-state index contributed by atoms with van der Waals surface area (Å²) >= 11 is 0. The van der Waals surface area contributed by atoms with Gasteiger partial charge in [0.1, 0.15) is 0 Å². The number of rotatable bonds is 12. The molecule has 2 heteroatoms. The molecular formula is C17H37N2. The lowest BCUT2D eigenvalue weighted by Gasteiger charge is -2.27. The fraction of sp³-hybridized carbons (Fsp3) is 0.941. The van der Waals surface area contributed by atoms with E-state index >= 15 is 0 Å². The summed E-state index contributed by atoms with van der Waals surface area (Å²) in [5, 5.41) is 0. The van der Waals surface area contributed by atoms with E-state index in [1.54, 1.807) is 0 Å². The maximum Gasteiger partial charge on any atom is -0.00188 e. The summed E-state index contributed by atoms with van der Waals surface area (Å²) in [6.07, 6.45) is 5.07. The molecule has 0 fully saturated rings. The summed E-state index contributed by atoms with van der Waals surface area (Å²) < 4.78 is 0. The summed E-state index contributed by atoms with van der Waals surface area (Å²) in [6.45, 7) is 22.9. The van der Waals surface area contributed by atoms with Crippen LogP contribution in [0, 0.1) is 12.3 Å². The zero-order valence-corrected chi connectivity index (χ0v) is 14.2. The van der Waals surface area contributed by atoms with Crippen molar-refractivity contribution in [2.75, 3.05) is 39.3 Å². The minimum Gasteiger partial charge on any atom is -0.304 e. The molecular weight excluding hydrogens is 232 g/mol. The highest BCUT2D eigenvalue weighted by atomic mass is 15.1. The quantitative estimate of drug-likeness (QED) is 0.527. The Kier molecular flexibility index (Phi) is 10.6. The predicted octanol–water partition coefficient (Wildman–Crippen LogP) is 4.07. The number of nitrogens with zero attached hydrogens (tertiary/aromatic N) is 2. The molecule has 0 aliphatic rings. The summed E-state index contributed by atoms with van der Waals surface area (Å²) in [4.78, 5) is 5.01. The van der Waals surface area contributed by atoms with E-state index in [9.17, 15) is 0 Å². The van der Waals surface area contributed by atoms with Crippen LogP contribution in [-0.4, -0.2) is 49.1 Å². The maximum atomic E-state index is 4.43. The summed E-state index contributed by atoms with van der Waals surface area (Å²) in [7, 11) is 0. The molecule has 0 amide bonds. The average Bonchev–Trinajstić information content (AvgIpc) is 2.39. The Morgan fingerprint density at radius 3 is 1.32 bits per heavy atom. The molecule has 2 nitrogen and oxygen atoms in total. The second-order valence-corrected chi connectivity index (χ2v) is 6.07. The Labute approximate surface area is 122 Å². The normalized spacial score (nSPS) is 12.6. The van der Waals surface area contributed by atoms with Crippen molar-refractivity contribution in [2.45, 2.75) is 60.3 Å². The van der Waals surface area contributed by atoms with Gasteiger partial charge in [0.15, 0.2) is 0 Å². The van der Waals surface area contributed by atoms with Crippen LogP contribution < -0.4 is 0 Å². The lowest BCUT2D eigenvalue weighted by Crippen LogP contribution is -2.27. The van der Waals surface area contributed by atoms with Crippen LogP contribution in [-0.2, 0) is 0 Å². The molecule has 0 N–H and O–H groups in total. The molecule has 0 aromatic rings. The largest absolute Gasteiger partial charge is 0.304 e. The van der Waals surface area contributed by atoms with E-state index in [1.165, 1.54) is 65.0 Å². The molecule has 0 aromatic carbocycles. The van der Waals surface area contributed by atoms with Gasteiger partial charge in [-0.2, -0.15) is 0 Å². The first-order valence-corrected chi connectivity index (χ1v) is 8.29. The van der Waals surface area contributed by atoms with Crippen molar-refractivity contribution in [1.29, 1.82) is 0 Å². The fourth-order valence-corrected chi connectivity index (χ4v) is 2.66. The van der Waals surface area contributed by atoms with Crippen molar-refractivity contribution in [1.82, 2.24) is 9.80 Å². The van der Waals surface area contributed by atoms with E-state index in [-0.39, 0.29) is 5.41 Å². The van der Waals surface area contributed by atoms with Crippen LogP contribution in [0.5, 0.6) is 0 Å². The third-order valence-electron chi connectivity index (χ3n) is 4.30. The molecule has 0 aliphatic carbocycles. The highest BCUT2D eigenvalue weighted by Gasteiger charge is 2.17. The first-order valence-electron chi connectivity index (χ1n) is 8.29. The van der Waals surface area contributed by atoms with Crippen molar-refractivity contribution < 1.29 is 0 Å². The molecule has 0 aromatic heterocycles. The van der Waals surface area contributed by atoms with Crippen molar-refractivity contribution in [3.8, 4) is 0 Å². The van der Waals surface area contributed by atoms with Gasteiger partial charge in [-0.25, -0.2) is 0 Å². The van der Waals surface area contributed by atoms with Gasteiger partial charge in [0.05, 0.1) is 0 Å². The summed E-state index contributed by atoms with van der Waals surface area (Å²) in [5.74, 6) is 0. The molecule has 0 saturated heterocycles. The van der Waals surface area contributed by atoms with E-state index in [2.05, 4.69) is 51.3 Å². The zero-order chi connectivity index (χ0) is 14.7. The second-order valence-electron chi connectivity index (χ2n) is 6.07. The topological polar surface area (TPSA) is 6.48 Å². The third-order valence-corrected chi connectivity index (χ3v) is 4.30. The monoisotopic (exact) mass is 269 g/mol. The Morgan fingerprint density at radius 2 is 1.05 bits per heavy atom. The smallest absolute Gasteiger partial charge is 0.00188 e. The maximum absolute atomic E-state index is 4.43. The van der Waals surface area contributed by atoms with E-state index in [0.717, 1.165) is 0 Å². The summed E-state index contributed by atoms with van der Waals surface area (Å²) in [5.41, 5.74) is 0.264. The number of hydrogen-bond acceptors (Lipinski definition) is 2. The van der Waals surface area contributed by atoms with Gasteiger partial charge in [-0.15, -0.1) is 0 Å². The Balaban J connectivity index is 3.79. The van der Waals surface area contributed by atoms with Crippen molar-refractivity contribution in [2.24, 2.45) is 5.41 Å². The standard InChI is InChI=1S/C17H37N2/c1-7-18(8-2)15-11-13-17(5,6)14-12-16-19(9-3)10-4/h5,7-16H2,1-4,6H3. The van der Waals surface area contributed by atoms with Gasteiger partial charge < -0.3 is 9.80 Å². The molecule has 1 radical (unpaired) electrons. The second kappa shape index (κ2) is 10.7. The summed E-state index contributed by atoms with van der Waals surface area (Å²) in [6, 6.07) is 0. The van der Waals surface area contributed by atoms with Crippen LogP contribution in [0.4, 0.5) is 0 Å². The average molecular weight is 269 g/mol. The van der Waals surface area contributed by atoms with Gasteiger partial charge in [0.2, 0.25) is 0 Å². The van der Waals surface area contributed by atoms with E-state index in [1.807, 2.05) is 0 Å². The van der Waals surface area contributed by atoms with Crippen LogP contribution in [0.15, 0.2) is 0 Å². The van der Waals surface area contributed by atoms with Gasteiger partial charge >= 0.3 is 0 Å². The van der Waals surface area contributed by atoms with Crippen molar-refractivity contribution >= 4 is 0 Å². The molecule has 0 atom stereocenters. The van der Waals surface area contributed by atoms with Crippen molar-refractivity contribution in [3.05, 3.63) is 6.92 Å². The lowest BCUT2D eigenvalue weighted by molar-refractivity contribution is 0.243. The zero-order valence-electron chi connectivity index (χ0n) is 14.2. The Morgan fingerprint density at radius 1 is 0.737 bits per heavy atom. The van der Waals surface area contributed by atoms with E-state index < -0.39 is 0 Å². The van der Waals surface area contributed by atoms with E-state index in [4.69, 9.17) is 0 Å². The Bertz CT molecular complexity index is 173. The number of hydrogen-bond donors (Lipinski definition) is 0. The SMILES string of the molecule is [CH2]C(C)(CCCN(CC)CC)CCCN(CC)CC. The van der Waals surface area contributed by atoms with Gasteiger partial charge in [-0.05, 0) is 77.3 Å². The Hall–Kier alpha value is -0.0800. The van der Waals surface area contributed by atoms with Crippen LogP contribution in [0.25, 0.3) is 0 Å². The van der Waals surface area contributed by atoms with Gasteiger partial charge in [-0.3, -0.25) is 0 Å². The molecule has 0 spiro atoms. The third kappa shape index (κ3) is 9.45. The molecule has 19 heavy (non-hydrogen) atoms. The molecule has 0 heterocycles. The van der Waals surface area contributed by atoms with Gasteiger partial charge in [-0.1, -0.05) is 34.6 Å². The molecule has 0 unspecified atom stereocenters. The van der Waals surface area contributed by atoms with E-state index in [0.29, 0.717) is 0 Å². The van der Waals surface area contributed by atoms with Crippen LogP contribution in [0.3, 0.4) is 0 Å². The first-order chi connectivity index (χ1) is 8.99. The van der Waals surface area contributed by atoms with Gasteiger partial charge in [0.25, 0.3) is 0 Å². The minimum absolute atomic E-state index is 0.264. The fourth-order valence-electron chi connectivity index (χ4n) is 2.66. The molecule has 115 valence electrons. The molecule has 0 bridgehead atoms. The molecule has 0 rings (SSSR count). The molecule has 0 saturated carbocycles. The highest BCUT2D eigenvalue weighted by Crippen LogP contribution is 2.28. The lowest BCUT2D eigenvalue weighted by atomic mass is 9.83. The van der Waals surface area contributed by atoms with Gasteiger partial charge in [0, 0.05) is 0 Å².